The van der Waals surface area contributed by atoms with Crippen LogP contribution in [0.4, 0.5) is 0 Å². The molecule has 28 heavy (non-hydrogen) atoms. The Morgan fingerprint density at radius 2 is 1.96 bits per heavy atom. The molecule has 0 saturated heterocycles. The molecule has 1 fully saturated rings. The number of carbonyl (C=O) groups excluding carboxylic acids is 2. The second-order valence-corrected chi connectivity index (χ2v) is 8.24. The van der Waals surface area contributed by atoms with Gasteiger partial charge in [0.2, 0.25) is 11.8 Å². The van der Waals surface area contributed by atoms with E-state index in [-0.39, 0.29) is 29.6 Å². The van der Waals surface area contributed by atoms with Crippen molar-refractivity contribution < 1.29 is 9.59 Å². The minimum absolute atomic E-state index is 0.0841. The number of amides is 2. The van der Waals surface area contributed by atoms with Gasteiger partial charge in [0, 0.05) is 55.8 Å². The van der Waals surface area contributed by atoms with Crippen LogP contribution in [0.1, 0.15) is 33.6 Å². The predicted octanol–water partition coefficient (Wildman–Crippen LogP) is 2.94. The average molecular weight is 382 g/mol. The van der Waals surface area contributed by atoms with Crippen LogP contribution in [0.3, 0.4) is 0 Å². The van der Waals surface area contributed by atoms with Crippen molar-refractivity contribution in [3.8, 4) is 0 Å². The smallest absolute Gasteiger partial charge is 0.230 e. The molecule has 4 atom stereocenters. The van der Waals surface area contributed by atoms with E-state index in [0.29, 0.717) is 12.5 Å². The van der Waals surface area contributed by atoms with Crippen LogP contribution < -0.4 is 0 Å². The fourth-order valence-corrected chi connectivity index (χ4v) is 5.35. The normalized spacial score (nSPS) is 30.9. The van der Waals surface area contributed by atoms with Gasteiger partial charge < -0.3 is 4.90 Å². The third kappa shape index (κ3) is 2.87. The Morgan fingerprint density at radius 1 is 1.21 bits per heavy atom. The summed E-state index contributed by atoms with van der Waals surface area (Å²) >= 11 is 0. The Bertz CT molecular complexity index is 803. The highest BCUT2D eigenvalue weighted by atomic mass is 16.2. The van der Waals surface area contributed by atoms with Gasteiger partial charge in [-0.2, -0.15) is 0 Å². The van der Waals surface area contributed by atoms with E-state index in [0.717, 1.165) is 31.8 Å². The largest absolute Gasteiger partial charge is 0.343 e. The molecule has 0 aromatic carbocycles. The Balaban J connectivity index is 1.69. The number of nitrogens with zero attached hydrogens (tertiary/aromatic N) is 3. The van der Waals surface area contributed by atoms with Crippen molar-refractivity contribution in [2.24, 2.45) is 17.8 Å². The summed E-state index contributed by atoms with van der Waals surface area (Å²) in [6.07, 6.45) is 12.2. The van der Waals surface area contributed by atoms with E-state index in [4.69, 9.17) is 0 Å². The fraction of sp³-hybridized carbons (Fsp3) is 0.565. The molecule has 0 N–H and O–H groups in total. The zero-order valence-corrected chi connectivity index (χ0v) is 17.4. The topological polar surface area (TPSA) is 43.9 Å². The second-order valence-electron chi connectivity index (χ2n) is 8.24. The van der Waals surface area contributed by atoms with Crippen LogP contribution >= 0.6 is 0 Å². The highest BCUT2D eigenvalue weighted by Gasteiger charge is 2.48. The van der Waals surface area contributed by atoms with Crippen molar-refractivity contribution in [1.29, 1.82) is 0 Å². The first-order valence-corrected chi connectivity index (χ1v) is 10.6. The van der Waals surface area contributed by atoms with E-state index in [2.05, 4.69) is 42.5 Å². The third-order valence-electron chi connectivity index (χ3n) is 6.81. The van der Waals surface area contributed by atoms with Crippen LogP contribution in [0, 0.1) is 17.8 Å². The summed E-state index contributed by atoms with van der Waals surface area (Å²) in [4.78, 5) is 31.6. The number of fused-ring (bicyclic) bond motifs is 2. The Hall–Kier alpha value is -2.14. The van der Waals surface area contributed by atoms with E-state index >= 15 is 0 Å². The molecule has 4 rings (SSSR count). The summed E-state index contributed by atoms with van der Waals surface area (Å²) in [5, 5.41) is 0. The van der Waals surface area contributed by atoms with Gasteiger partial charge in [-0.3, -0.25) is 19.4 Å². The monoisotopic (exact) mass is 381 g/mol. The van der Waals surface area contributed by atoms with E-state index in [1.54, 1.807) is 0 Å². The average Bonchev–Trinajstić information content (AvgIpc) is 3.09. The van der Waals surface area contributed by atoms with E-state index in [1.807, 2.05) is 30.6 Å². The van der Waals surface area contributed by atoms with E-state index < -0.39 is 0 Å². The molecule has 5 heteroatoms. The van der Waals surface area contributed by atoms with Crippen LogP contribution in [0.25, 0.3) is 0 Å². The maximum absolute atomic E-state index is 13.0. The molecule has 1 saturated carbocycles. The van der Waals surface area contributed by atoms with Crippen molar-refractivity contribution in [3.05, 3.63) is 47.3 Å². The lowest BCUT2D eigenvalue weighted by Crippen LogP contribution is -2.50. The zero-order valence-electron chi connectivity index (χ0n) is 17.4. The maximum atomic E-state index is 13.0. The summed E-state index contributed by atoms with van der Waals surface area (Å²) in [6.45, 7) is 8.27. The van der Waals surface area contributed by atoms with Gasteiger partial charge in [-0.05, 0) is 44.5 Å². The van der Waals surface area contributed by atoms with Gasteiger partial charge in [0.05, 0.1) is 5.92 Å². The molecule has 5 nitrogen and oxygen atoms in total. The Morgan fingerprint density at radius 3 is 2.64 bits per heavy atom. The van der Waals surface area contributed by atoms with E-state index in [1.165, 1.54) is 11.1 Å². The first-order chi connectivity index (χ1) is 13.5. The van der Waals surface area contributed by atoms with Gasteiger partial charge >= 0.3 is 0 Å². The van der Waals surface area contributed by atoms with Crippen molar-refractivity contribution in [2.45, 2.75) is 39.7 Å². The summed E-state index contributed by atoms with van der Waals surface area (Å²) < 4.78 is 0. The number of likely N-dealkylation sites (N-methyl/N-ethyl adjacent to an activating group) is 1. The molecule has 150 valence electrons. The van der Waals surface area contributed by atoms with Crippen LogP contribution in [0.2, 0.25) is 0 Å². The van der Waals surface area contributed by atoms with Crippen molar-refractivity contribution in [1.82, 2.24) is 14.7 Å². The van der Waals surface area contributed by atoms with E-state index in [9.17, 15) is 9.59 Å². The van der Waals surface area contributed by atoms with Crippen molar-refractivity contribution >= 4 is 11.8 Å². The molecule has 2 aliphatic heterocycles. The first-order valence-electron chi connectivity index (χ1n) is 10.6. The summed E-state index contributed by atoms with van der Waals surface area (Å²) in [5.41, 5.74) is 3.81. The molecule has 0 aromatic heterocycles. The molecular formula is C23H31N3O2. The molecule has 0 bridgehead atoms. The predicted molar refractivity (Wildman–Crippen MR) is 110 cm³/mol. The van der Waals surface area contributed by atoms with Crippen molar-refractivity contribution in [2.75, 3.05) is 26.7 Å². The highest BCUT2D eigenvalue weighted by Crippen LogP contribution is 2.51. The molecular weight excluding hydrogens is 350 g/mol. The van der Waals surface area contributed by atoms with Crippen LogP contribution in [-0.2, 0) is 9.59 Å². The fourth-order valence-electron chi connectivity index (χ4n) is 5.35. The SMILES string of the molecule is CCC(=O)N1C=C2CC3C(=CC(C(=O)N(CC)CC)CN3C)C3C=CC=C1C23. The molecule has 2 amide bonds. The molecule has 0 radical (unpaired) electrons. The Kier molecular flexibility index (Phi) is 5.04. The number of carbonyl (C=O) groups is 2. The molecule has 4 aliphatic rings. The van der Waals surface area contributed by atoms with Gasteiger partial charge in [-0.15, -0.1) is 0 Å². The van der Waals surface area contributed by atoms with Crippen molar-refractivity contribution in [3.63, 3.8) is 0 Å². The van der Waals surface area contributed by atoms with Gasteiger partial charge in [-0.1, -0.05) is 25.2 Å². The molecule has 2 aliphatic carbocycles. The number of allylic oxidation sites excluding steroid dienone is 4. The minimum Gasteiger partial charge on any atom is -0.343 e. The lowest BCUT2D eigenvalue weighted by Gasteiger charge is -2.46. The van der Waals surface area contributed by atoms with Gasteiger partial charge in [-0.25, -0.2) is 0 Å². The highest BCUT2D eigenvalue weighted by molar-refractivity contribution is 5.82. The second kappa shape index (κ2) is 7.36. The van der Waals surface area contributed by atoms with Crippen LogP contribution in [0.15, 0.2) is 47.3 Å². The number of hydrogen-bond donors (Lipinski definition) is 0. The maximum Gasteiger partial charge on any atom is 0.230 e. The molecule has 4 unspecified atom stereocenters. The minimum atomic E-state index is -0.0841. The summed E-state index contributed by atoms with van der Waals surface area (Å²) in [7, 11) is 2.13. The van der Waals surface area contributed by atoms with Gasteiger partial charge in [0.15, 0.2) is 0 Å². The van der Waals surface area contributed by atoms with Crippen LogP contribution in [0.5, 0.6) is 0 Å². The summed E-state index contributed by atoms with van der Waals surface area (Å²) in [5.74, 6) is 0.795. The third-order valence-corrected chi connectivity index (χ3v) is 6.81. The van der Waals surface area contributed by atoms with Gasteiger partial charge in [0.25, 0.3) is 0 Å². The standard InChI is InChI=1S/C23H31N3O2/c1-5-21(27)26-14-15-12-20-18(17-9-8-10-19(26)22(15)17)11-16(13-24(20)4)23(28)25(6-2)7-3/h8-11,14,16-17,20,22H,5-7,12-13H2,1-4H3. The zero-order chi connectivity index (χ0) is 20.0. The Labute approximate surface area is 168 Å². The van der Waals surface area contributed by atoms with Crippen LogP contribution in [-0.4, -0.2) is 59.2 Å². The molecule has 2 heterocycles. The summed E-state index contributed by atoms with van der Waals surface area (Å²) in [6, 6.07) is 0.314. The van der Waals surface area contributed by atoms with Gasteiger partial charge in [0.1, 0.15) is 0 Å². The molecule has 0 spiro atoms. The number of rotatable bonds is 4. The lowest BCUT2D eigenvalue weighted by atomic mass is 9.66. The first kappa shape index (κ1) is 19.2. The number of hydrogen-bond acceptors (Lipinski definition) is 3. The molecule has 0 aromatic rings. The lowest BCUT2D eigenvalue weighted by molar-refractivity contribution is -0.134. The quantitative estimate of drug-likeness (QED) is 0.704.